The second-order valence-electron chi connectivity index (χ2n) is 8.76. The van der Waals surface area contributed by atoms with Crippen LogP contribution in [0.2, 0.25) is 0 Å². The molecule has 2 aromatic rings. The molecule has 0 unspecified atom stereocenters. The van der Waals surface area contributed by atoms with Crippen LogP contribution in [-0.4, -0.2) is 36.1 Å². The molecule has 6 nitrogen and oxygen atoms in total. The third-order valence-electron chi connectivity index (χ3n) is 4.86. The van der Waals surface area contributed by atoms with Gasteiger partial charge < -0.3 is 9.64 Å². The Morgan fingerprint density at radius 1 is 1.03 bits per heavy atom. The normalized spacial score (nSPS) is 11.9. The number of unbranched alkanes of at least 4 members (excludes halogenated alkanes) is 2. The minimum atomic E-state index is -4.20. The second kappa shape index (κ2) is 10.8. The monoisotopic (exact) mass is 447 g/mol. The Labute approximate surface area is 186 Å². The van der Waals surface area contributed by atoms with Crippen molar-refractivity contribution in [1.29, 1.82) is 0 Å². The van der Waals surface area contributed by atoms with Gasteiger partial charge in [0.15, 0.2) is 0 Å². The maximum atomic E-state index is 12.6. The fourth-order valence-electron chi connectivity index (χ4n) is 3.24. The van der Waals surface area contributed by atoms with Gasteiger partial charge in [0.25, 0.3) is 10.1 Å². The number of rotatable bonds is 9. The molecule has 0 aliphatic heterocycles. The topological polar surface area (TPSA) is 83.9 Å². The van der Waals surface area contributed by atoms with E-state index in [0.717, 1.165) is 36.0 Å². The van der Waals surface area contributed by atoms with Crippen LogP contribution >= 0.6 is 0 Å². The molecule has 7 heteroatoms. The van der Waals surface area contributed by atoms with Crippen molar-refractivity contribution in [3.05, 3.63) is 65.2 Å². The summed E-state index contributed by atoms with van der Waals surface area (Å²) in [5.74, 6) is 0. The molecule has 0 heterocycles. The maximum absolute atomic E-state index is 12.6. The number of aryl methyl sites for hydroxylation is 2. The third kappa shape index (κ3) is 8.71. The van der Waals surface area contributed by atoms with E-state index < -0.39 is 15.7 Å². The lowest BCUT2D eigenvalue weighted by atomic mass is 10.0. The lowest BCUT2D eigenvalue weighted by Crippen LogP contribution is -2.37. The molecule has 0 aromatic heterocycles. The highest BCUT2D eigenvalue weighted by atomic mass is 32.2. The molecule has 0 bridgehead atoms. The van der Waals surface area contributed by atoms with E-state index in [-0.39, 0.29) is 11.0 Å². The van der Waals surface area contributed by atoms with Gasteiger partial charge in [-0.25, -0.2) is 4.79 Å². The summed E-state index contributed by atoms with van der Waals surface area (Å²) in [6.07, 6.45) is 2.92. The number of hydrogen-bond donors (Lipinski definition) is 1. The van der Waals surface area contributed by atoms with Crippen molar-refractivity contribution in [3.63, 3.8) is 0 Å². The number of amides is 1. The van der Waals surface area contributed by atoms with Gasteiger partial charge in [-0.3, -0.25) is 4.55 Å². The van der Waals surface area contributed by atoms with Crippen molar-refractivity contribution < 1.29 is 22.5 Å². The molecule has 0 saturated carbocycles. The first-order chi connectivity index (χ1) is 14.5. The summed E-state index contributed by atoms with van der Waals surface area (Å²) < 4.78 is 37.6. The lowest BCUT2D eigenvalue weighted by Gasteiger charge is -2.27. The first-order valence-corrected chi connectivity index (χ1v) is 12.0. The molecule has 31 heavy (non-hydrogen) atoms. The van der Waals surface area contributed by atoms with Crippen LogP contribution in [0.1, 0.15) is 56.7 Å². The van der Waals surface area contributed by atoms with Crippen LogP contribution in [-0.2, 0) is 27.8 Å². The predicted molar refractivity (Wildman–Crippen MR) is 122 cm³/mol. The summed E-state index contributed by atoms with van der Waals surface area (Å²) in [6, 6.07) is 14.5. The van der Waals surface area contributed by atoms with Crippen LogP contribution in [0, 0.1) is 6.92 Å². The van der Waals surface area contributed by atoms with Crippen molar-refractivity contribution in [3.8, 4) is 0 Å². The molecule has 0 radical (unpaired) electrons. The Hall–Kier alpha value is -2.38. The van der Waals surface area contributed by atoms with Crippen LogP contribution in [0.5, 0.6) is 0 Å². The Morgan fingerprint density at radius 3 is 2.32 bits per heavy atom. The number of ether oxygens (including phenoxy) is 1. The Kier molecular flexibility index (Phi) is 8.65. The standard InChI is InChI=1S/C24H33NO5S/c1-19-14-15-22(31(27,28)29)17-21(19)13-9-6-10-16-25(23(26)30-24(2,3)4)18-20-11-7-5-8-12-20/h5,7-8,11-12,14-15,17H,6,9-10,13,16,18H2,1-4H3,(H,27,28,29). The minimum Gasteiger partial charge on any atom is -0.444 e. The van der Waals surface area contributed by atoms with E-state index in [0.29, 0.717) is 19.5 Å². The van der Waals surface area contributed by atoms with Gasteiger partial charge in [-0.1, -0.05) is 42.8 Å². The number of hydrogen-bond acceptors (Lipinski definition) is 4. The molecule has 0 atom stereocenters. The molecule has 0 aliphatic carbocycles. The van der Waals surface area contributed by atoms with Crippen LogP contribution in [0.4, 0.5) is 4.79 Å². The smallest absolute Gasteiger partial charge is 0.410 e. The molecule has 170 valence electrons. The first-order valence-electron chi connectivity index (χ1n) is 10.5. The minimum absolute atomic E-state index is 0.0768. The molecular weight excluding hydrogens is 414 g/mol. The van der Waals surface area contributed by atoms with E-state index in [1.807, 2.05) is 58.0 Å². The zero-order chi connectivity index (χ0) is 23.1. The predicted octanol–water partition coefficient (Wildman–Crippen LogP) is 5.39. The molecular formula is C24H33NO5S. The number of carbonyl (C=O) groups excluding carboxylic acids is 1. The number of carbonyl (C=O) groups is 1. The molecule has 1 N–H and O–H groups in total. The van der Waals surface area contributed by atoms with Gasteiger partial charge in [0.1, 0.15) is 5.60 Å². The van der Waals surface area contributed by atoms with Crippen LogP contribution in [0.15, 0.2) is 53.4 Å². The fourth-order valence-corrected chi connectivity index (χ4v) is 3.77. The van der Waals surface area contributed by atoms with Crippen molar-refractivity contribution in [2.24, 2.45) is 0 Å². The molecule has 2 rings (SSSR count). The highest BCUT2D eigenvalue weighted by Gasteiger charge is 2.22. The van der Waals surface area contributed by atoms with Gasteiger partial charge in [-0.2, -0.15) is 8.42 Å². The van der Waals surface area contributed by atoms with E-state index in [1.54, 1.807) is 11.0 Å². The average Bonchev–Trinajstić information content (AvgIpc) is 2.66. The van der Waals surface area contributed by atoms with Gasteiger partial charge in [-0.05, 0) is 75.8 Å². The largest absolute Gasteiger partial charge is 0.444 e. The summed E-state index contributed by atoms with van der Waals surface area (Å²) in [6.45, 7) is 8.56. The first kappa shape index (κ1) is 24.9. The zero-order valence-electron chi connectivity index (χ0n) is 18.8. The number of nitrogens with zero attached hydrogens (tertiary/aromatic N) is 1. The zero-order valence-corrected chi connectivity index (χ0v) is 19.6. The lowest BCUT2D eigenvalue weighted by molar-refractivity contribution is 0.0230. The molecule has 0 aliphatic rings. The molecule has 1 amide bonds. The van der Waals surface area contributed by atoms with Crippen LogP contribution < -0.4 is 0 Å². The second-order valence-corrected chi connectivity index (χ2v) is 10.2. The molecule has 0 spiro atoms. The summed E-state index contributed by atoms with van der Waals surface area (Å²) in [4.78, 5) is 14.3. The van der Waals surface area contributed by atoms with Gasteiger partial charge in [-0.15, -0.1) is 0 Å². The van der Waals surface area contributed by atoms with E-state index >= 15 is 0 Å². The quantitative estimate of drug-likeness (QED) is 0.411. The average molecular weight is 448 g/mol. The van der Waals surface area contributed by atoms with E-state index in [2.05, 4.69) is 0 Å². The highest BCUT2D eigenvalue weighted by Crippen LogP contribution is 2.19. The summed E-state index contributed by atoms with van der Waals surface area (Å²) in [5, 5.41) is 0. The van der Waals surface area contributed by atoms with Gasteiger partial charge >= 0.3 is 6.09 Å². The molecule has 0 fully saturated rings. The fraction of sp³-hybridized carbons (Fsp3) is 0.458. The van der Waals surface area contributed by atoms with Crippen LogP contribution in [0.3, 0.4) is 0 Å². The molecule has 0 saturated heterocycles. The van der Waals surface area contributed by atoms with E-state index in [1.165, 1.54) is 12.1 Å². The highest BCUT2D eigenvalue weighted by molar-refractivity contribution is 7.85. The summed E-state index contributed by atoms with van der Waals surface area (Å²) in [7, 11) is -4.20. The van der Waals surface area contributed by atoms with Crippen molar-refractivity contribution in [2.75, 3.05) is 6.54 Å². The van der Waals surface area contributed by atoms with Crippen LogP contribution in [0.25, 0.3) is 0 Å². The van der Waals surface area contributed by atoms with Gasteiger partial charge in [0, 0.05) is 13.1 Å². The van der Waals surface area contributed by atoms with Gasteiger partial charge in [0.2, 0.25) is 0 Å². The Bertz CT molecular complexity index is 965. The van der Waals surface area contributed by atoms with Crippen molar-refractivity contribution in [1.82, 2.24) is 4.90 Å². The number of benzene rings is 2. The third-order valence-corrected chi connectivity index (χ3v) is 5.71. The summed E-state index contributed by atoms with van der Waals surface area (Å²) >= 11 is 0. The van der Waals surface area contributed by atoms with E-state index in [9.17, 15) is 17.8 Å². The maximum Gasteiger partial charge on any atom is 0.410 e. The SMILES string of the molecule is Cc1ccc(S(=O)(=O)O)cc1CCCCCN(Cc1ccccc1)C(=O)OC(C)(C)C. The summed E-state index contributed by atoms with van der Waals surface area (Å²) in [5.41, 5.74) is 2.39. The van der Waals surface area contributed by atoms with Gasteiger partial charge in [0.05, 0.1) is 4.90 Å². The van der Waals surface area contributed by atoms with E-state index in [4.69, 9.17) is 4.74 Å². The van der Waals surface area contributed by atoms with Crippen molar-refractivity contribution >= 4 is 16.2 Å². The molecule has 2 aromatic carbocycles. The Morgan fingerprint density at radius 2 is 1.71 bits per heavy atom. The Balaban J connectivity index is 1.92. The van der Waals surface area contributed by atoms with Crippen molar-refractivity contribution in [2.45, 2.75) is 70.4 Å².